The van der Waals surface area contributed by atoms with Crippen LogP contribution in [0, 0.1) is 13.9 Å². The average molecular weight is 437 g/mol. The van der Waals surface area contributed by atoms with Crippen LogP contribution in [-0.4, -0.2) is 16.1 Å². The lowest BCUT2D eigenvalue weighted by atomic mass is 10.4. The van der Waals surface area contributed by atoms with Gasteiger partial charge < -0.3 is 4.42 Å². The minimum Gasteiger partial charge on any atom is -0.448 e. The summed E-state index contributed by atoms with van der Waals surface area (Å²) < 4.78 is 6.84. The first-order valence-corrected chi connectivity index (χ1v) is 6.78. The minimum atomic E-state index is -0.530. The van der Waals surface area contributed by atoms with Crippen molar-refractivity contribution in [3.8, 4) is 0 Å². The van der Waals surface area contributed by atoms with E-state index in [9.17, 15) is 10.1 Å². The van der Waals surface area contributed by atoms with E-state index < -0.39 is 4.92 Å². The molecule has 0 aliphatic carbocycles. The number of hydrogen-bond acceptors (Lipinski definition) is 6. The van der Waals surface area contributed by atoms with Crippen molar-refractivity contribution in [3.05, 3.63) is 48.5 Å². The predicted molar refractivity (Wildman–Crippen MR) is 81.2 cm³/mol. The van der Waals surface area contributed by atoms with Crippen molar-refractivity contribution in [2.45, 2.75) is 0 Å². The highest BCUT2D eigenvalue weighted by molar-refractivity contribution is 14.1. The van der Waals surface area contributed by atoms with Crippen LogP contribution in [0.5, 0.6) is 0 Å². The summed E-state index contributed by atoms with van der Waals surface area (Å²) >= 11 is 5.32. The molecule has 2 aromatic rings. The normalized spacial score (nSPS) is 10.8. The van der Waals surface area contributed by atoms with Crippen molar-refractivity contribution < 1.29 is 9.34 Å². The smallest absolute Gasteiger partial charge is 0.313 e. The van der Waals surface area contributed by atoms with Gasteiger partial charge in [-0.25, -0.2) is 4.98 Å². The number of pyridine rings is 1. The quantitative estimate of drug-likeness (QED) is 0.343. The van der Waals surface area contributed by atoms with Crippen LogP contribution < -0.4 is 5.43 Å². The summed E-state index contributed by atoms with van der Waals surface area (Å²) in [6.45, 7) is 0. The Labute approximate surface area is 129 Å². The average Bonchev–Trinajstić information content (AvgIpc) is 2.69. The van der Waals surface area contributed by atoms with Crippen LogP contribution in [0.4, 0.5) is 11.5 Å². The van der Waals surface area contributed by atoms with Gasteiger partial charge in [0.05, 0.1) is 15.6 Å². The summed E-state index contributed by atoms with van der Waals surface area (Å²) in [4.78, 5) is 14.1. The fraction of sp³-hybridized carbons (Fsp3) is 0. The van der Waals surface area contributed by atoms with Gasteiger partial charge >= 0.3 is 5.69 Å². The van der Waals surface area contributed by atoms with Crippen molar-refractivity contribution in [2.24, 2.45) is 5.10 Å². The van der Waals surface area contributed by atoms with Crippen LogP contribution in [-0.2, 0) is 0 Å². The van der Waals surface area contributed by atoms with Gasteiger partial charge in [0.2, 0.25) is 5.82 Å². The fourth-order valence-corrected chi connectivity index (χ4v) is 1.93. The molecule has 0 aromatic carbocycles. The zero-order valence-corrected chi connectivity index (χ0v) is 13.0. The topological polar surface area (TPSA) is 93.6 Å². The first kappa shape index (κ1) is 13.9. The Kier molecular flexibility index (Phi) is 4.47. The molecule has 0 aliphatic rings. The largest absolute Gasteiger partial charge is 0.448 e. The van der Waals surface area contributed by atoms with Crippen molar-refractivity contribution in [3.63, 3.8) is 0 Å². The molecule has 2 heterocycles. The first-order chi connectivity index (χ1) is 9.08. The molecule has 0 radical (unpaired) electrons. The standard InChI is InChI=1S/C10H6BrIN4O3/c11-7-4-6(19-9(7)12)5-14-15-10-8(16(17)18)2-1-3-13-10/h1-5H,(H,13,15)/b14-5-. The maximum atomic E-state index is 10.8. The summed E-state index contributed by atoms with van der Waals surface area (Å²) in [5.74, 6) is 0.589. The number of nitro groups is 1. The van der Waals surface area contributed by atoms with Gasteiger partial charge in [0.25, 0.3) is 0 Å². The van der Waals surface area contributed by atoms with Crippen LogP contribution in [0.25, 0.3) is 0 Å². The summed E-state index contributed by atoms with van der Waals surface area (Å²) in [6.07, 6.45) is 2.85. The molecule has 0 spiro atoms. The molecular formula is C10H6BrIN4O3. The number of hydrogen-bond donors (Lipinski definition) is 1. The summed E-state index contributed by atoms with van der Waals surface area (Å²) in [5.41, 5.74) is 2.37. The van der Waals surface area contributed by atoms with E-state index in [0.29, 0.717) is 9.53 Å². The first-order valence-electron chi connectivity index (χ1n) is 4.91. The molecular weight excluding hydrogens is 431 g/mol. The number of halogens is 2. The van der Waals surface area contributed by atoms with E-state index in [4.69, 9.17) is 4.42 Å². The molecule has 0 atom stereocenters. The Morgan fingerprint density at radius 3 is 3.05 bits per heavy atom. The van der Waals surface area contributed by atoms with E-state index in [1.54, 1.807) is 6.07 Å². The fourth-order valence-electron chi connectivity index (χ4n) is 1.21. The third-order valence-electron chi connectivity index (χ3n) is 2.01. The van der Waals surface area contributed by atoms with Gasteiger partial charge in [0, 0.05) is 40.9 Å². The van der Waals surface area contributed by atoms with E-state index in [-0.39, 0.29) is 11.5 Å². The van der Waals surface area contributed by atoms with Crippen molar-refractivity contribution in [1.29, 1.82) is 0 Å². The van der Waals surface area contributed by atoms with Crippen LogP contribution in [0.3, 0.4) is 0 Å². The molecule has 0 saturated heterocycles. The molecule has 7 nitrogen and oxygen atoms in total. The third-order valence-corrected chi connectivity index (χ3v) is 4.14. The molecule has 2 rings (SSSR count). The molecule has 0 aliphatic heterocycles. The molecule has 0 bridgehead atoms. The number of aromatic nitrogens is 1. The van der Waals surface area contributed by atoms with Gasteiger partial charge in [-0.2, -0.15) is 5.10 Å². The maximum absolute atomic E-state index is 10.8. The van der Waals surface area contributed by atoms with E-state index in [2.05, 4.69) is 31.4 Å². The van der Waals surface area contributed by atoms with Crippen LogP contribution in [0.2, 0.25) is 0 Å². The number of hydrazone groups is 1. The second kappa shape index (κ2) is 6.10. The van der Waals surface area contributed by atoms with Crippen molar-refractivity contribution >= 4 is 56.2 Å². The third kappa shape index (κ3) is 3.50. The monoisotopic (exact) mass is 436 g/mol. The SMILES string of the molecule is O=[N+]([O-])c1cccnc1N/N=C\c1cc(Br)c(I)o1. The minimum absolute atomic E-state index is 0.0732. The lowest BCUT2D eigenvalue weighted by Gasteiger charge is -1.98. The van der Waals surface area contributed by atoms with Crippen LogP contribution >= 0.6 is 38.5 Å². The van der Waals surface area contributed by atoms with Crippen molar-refractivity contribution in [2.75, 3.05) is 5.43 Å². The van der Waals surface area contributed by atoms with Gasteiger partial charge in [0.15, 0.2) is 3.77 Å². The Bertz CT molecular complexity index is 624. The maximum Gasteiger partial charge on any atom is 0.313 e. The van der Waals surface area contributed by atoms with Gasteiger partial charge in [-0.1, -0.05) is 0 Å². The Morgan fingerprint density at radius 2 is 2.42 bits per heavy atom. The lowest BCUT2D eigenvalue weighted by molar-refractivity contribution is -0.384. The number of nitrogens with one attached hydrogen (secondary N) is 1. The van der Waals surface area contributed by atoms with E-state index in [1.807, 2.05) is 22.6 Å². The van der Waals surface area contributed by atoms with Gasteiger partial charge in [-0.05, 0) is 22.0 Å². The molecule has 0 unspecified atom stereocenters. The highest BCUT2D eigenvalue weighted by Crippen LogP contribution is 2.22. The van der Waals surface area contributed by atoms with Crippen molar-refractivity contribution in [1.82, 2.24) is 4.98 Å². The van der Waals surface area contributed by atoms with Crippen LogP contribution in [0.15, 0.2) is 38.4 Å². The van der Waals surface area contributed by atoms with E-state index in [1.165, 1.54) is 24.5 Å². The molecule has 98 valence electrons. The Balaban J connectivity index is 2.12. The number of anilines is 1. The molecule has 1 N–H and O–H groups in total. The predicted octanol–water partition coefficient (Wildman–Crippen LogP) is 3.40. The van der Waals surface area contributed by atoms with Crippen LogP contribution in [0.1, 0.15) is 5.76 Å². The lowest BCUT2D eigenvalue weighted by Crippen LogP contribution is -1.98. The van der Waals surface area contributed by atoms with Gasteiger partial charge in [-0.3, -0.25) is 15.5 Å². The van der Waals surface area contributed by atoms with Gasteiger partial charge in [0.1, 0.15) is 5.76 Å². The number of nitrogens with zero attached hydrogens (tertiary/aromatic N) is 3. The second-order valence-corrected chi connectivity index (χ2v) is 5.10. The zero-order chi connectivity index (χ0) is 13.8. The molecule has 0 saturated carbocycles. The summed E-state index contributed by atoms with van der Waals surface area (Å²) in [7, 11) is 0. The highest BCUT2D eigenvalue weighted by Gasteiger charge is 2.13. The highest BCUT2D eigenvalue weighted by atomic mass is 127. The Morgan fingerprint density at radius 1 is 1.63 bits per heavy atom. The number of rotatable bonds is 4. The molecule has 19 heavy (non-hydrogen) atoms. The molecule has 9 heteroatoms. The Hall–Kier alpha value is -1.49. The number of furan rings is 1. The zero-order valence-electron chi connectivity index (χ0n) is 9.21. The summed E-state index contributed by atoms with van der Waals surface area (Å²) in [6, 6.07) is 4.57. The molecule has 2 aromatic heterocycles. The van der Waals surface area contributed by atoms with Gasteiger partial charge in [-0.15, -0.1) is 0 Å². The van der Waals surface area contributed by atoms with E-state index in [0.717, 1.165) is 4.47 Å². The molecule has 0 amide bonds. The van der Waals surface area contributed by atoms with E-state index >= 15 is 0 Å². The summed E-state index contributed by atoms with van der Waals surface area (Å²) in [5, 5.41) is 14.6. The molecule has 0 fully saturated rings. The second-order valence-electron chi connectivity index (χ2n) is 3.27.